The number of methoxy groups -OCH3 is 2. The van der Waals surface area contributed by atoms with Crippen LogP contribution in [-0.2, 0) is 0 Å². The predicted octanol–water partition coefficient (Wildman–Crippen LogP) is 2.37. The van der Waals surface area contributed by atoms with Crippen molar-refractivity contribution in [2.45, 2.75) is 32.2 Å². The number of hydrogen-bond donors (Lipinski definition) is 2. The number of ether oxygens (including phenoxy) is 2. The molecule has 0 saturated carbocycles. The van der Waals surface area contributed by atoms with E-state index in [1.807, 2.05) is 13.8 Å². The van der Waals surface area contributed by atoms with Crippen molar-refractivity contribution in [1.82, 2.24) is 5.32 Å². The van der Waals surface area contributed by atoms with Crippen molar-refractivity contribution in [2.75, 3.05) is 20.8 Å². The van der Waals surface area contributed by atoms with Gasteiger partial charge in [-0.2, -0.15) is 0 Å². The Balaban J connectivity index is 0.00000400. The van der Waals surface area contributed by atoms with E-state index in [-0.39, 0.29) is 23.9 Å². The van der Waals surface area contributed by atoms with Gasteiger partial charge in [0.15, 0.2) is 0 Å². The summed E-state index contributed by atoms with van der Waals surface area (Å²) in [5.74, 6) is 0.952. The van der Waals surface area contributed by atoms with Crippen molar-refractivity contribution >= 4 is 18.3 Å². The summed E-state index contributed by atoms with van der Waals surface area (Å²) in [5, 5.41) is 3.02. The fraction of sp³-hybridized carbons (Fsp3) is 0.533. The average molecular weight is 317 g/mol. The first kappa shape index (κ1) is 19.5. The molecule has 0 spiro atoms. The standard InChI is InChI=1S/C15H24N2O3.ClH/c1-5-15(6-2,10-16)17-14(18)12-8-7-11(19-3)9-13(12)20-4;/h7-9H,5-6,10,16H2,1-4H3,(H,17,18);1H. The number of halogens is 1. The lowest BCUT2D eigenvalue weighted by Crippen LogP contribution is -2.52. The summed E-state index contributed by atoms with van der Waals surface area (Å²) in [7, 11) is 3.10. The second kappa shape index (κ2) is 8.74. The van der Waals surface area contributed by atoms with E-state index in [1.54, 1.807) is 25.3 Å². The summed E-state index contributed by atoms with van der Waals surface area (Å²) in [6.45, 7) is 4.44. The molecule has 0 saturated heterocycles. The van der Waals surface area contributed by atoms with Gasteiger partial charge in [-0.25, -0.2) is 0 Å². The minimum absolute atomic E-state index is 0. The van der Waals surface area contributed by atoms with Crippen LogP contribution in [0, 0.1) is 0 Å². The first-order valence-corrected chi connectivity index (χ1v) is 6.80. The van der Waals surface area contributed by atoms with Crippen LogP contribution in [0.25, 0.3) is 0 Å². The van der Waals surface area contributed by atoms with Gasteiger partial charge in [0.1, 0.15) is 11.5 Å². The van der Waals surface area contributed by atoms with Crippen molar-refractivity contribution in [3.63, 3.8) is 0 Å². The number of nitrogens with two attached hydrogens (primary N) is 1. The lowest BCUT2D eigenvalue weighted by Gasteiger charge is -2.31. The zero-order valence-electron chi connectivity index (χ0n) is 13.1. The Labute approximate surface area is 132 Å². The van der Waals surface area contributed by atoms with Gasteiger partial charge < -0.3 is 20.5 Å². The van der Waals surface area contributed by atoms with Gasteiger partial charge in [0.2, 0.25) is 0 Å². The summed E-state index contributed by atoms with van der Waals surface area (Å²) < 4.78 is 10.4. The van der Waals surface area contributed by atoms with Crippen LogP contribution in [0.1, 0.15) is 37.0 Å². The van der Waals surface area contributed by atoms with Crippen molar-refractivity contribution in [1.29, 1.82) is 0 Å². The summed E-state index contributed by atoms with van der Waals surface area (Å²) >= 11 is 0. The molecule has 1 aromatic carbocycles. The second-order valence-corrected chi connectivity index (χ2v) is 4.71. The van der Waals surface area contributed by atoms with E-state index in [4.69, 9.17) is 15.2 Å². The molecule has 5 nitrogen and oxygen atoms in total. The Morgan fingerprint density at radius 3 is 2.29 bits per heavy atom. The number of nitrogens with one attached hydrogen (secondary N) is 1. The highest BCUT2D eigenvalue weighted by Crippen LogP contribution is 2.25. The molecule has 0 unspecified atom stereocenters. The van der Waals surface area contributed by atoms with Crippen molar-refractivity contribution in [2.24, 2.45) is 5.73 Å². The number of carbonyl (C=O) groups excluding carboxylic acids is 1. The molecule has 1 rings (SSSR count). The normalized spacial score (nSPS) is 10.5. The van der Waals surface area contributed by atoms with Crippen LogP contribution in [0.4, 0.5) is 0 Å². The van der Waals surface area contributed by atoms with Crippen LogP contribution in [0.3, 0.4) is 0 Å². The Kier molecular flexibility index (Phi) is 8.14. The lowest BCUT2D eigenvalue weighted by atomic mass is 9.92. The quantitative estimate of drug-likeness (QED) is 0.810. The maximum Gasteiger partial charge on any atom is 0.255 e. The van der Waals surface area contributed by atoms with E-state index in [1.165, 1.54) is 7.11 Å². The minimum Gasteiger partial charge on any atom is -0.497 e. The molecule has 0 radical (unpaired) electrons. The first-order valence-electron chi connectivity index (χ1n) is 6.80. The van der Waals surface area contributed by atoms with Crippen LogP contribution in [-0.4, -0.2) is 32.2 Å². The maximum atomic E-state index is 12.4. The smallest absolute Gasteiger partial charge is 0.255 e. The Morgan fingerprint density at radius 1 is 1.24 bits per heavy atom. The molecule has 0 heterocycles. The van der Waals surface area contributed by atoms with Gasteiger partial charge in [-0.05, 0) is 25.0 Å². The Morgan fingerprint density at radius 2 is 1.86 bits per heavy atom. The number of rotatable bonds is 7. The van der Waals surface area contributed by atoms with Crippen LogP contribution in [0.2, 0.25) is 0 Å². The van der Waals surface area contributed by atoms with Crippen molar-refractivity contribution < 1.29 is 14.3 Å². The molecular formula is C15H25ClN2O3. The highest BCUT2D eigenvalue weighted by Gasteiger charge is 2.27. The molecule has 6 heteroatoms. The molecule has 0 aliphatic rings. The van der Waals surface area contributed by atoms with Crippen molar-refractivity contribution in [3.05, 3.63) is 23.8 Å². The average Bonchev–Trinajstić information content (AvgIpc) is 2.51. The molecule has 0 aliphatic carbocycles. The van der Waals surface area contributed by atoms with Crippen LogP contribution in [0.15, 0.2) is 18.2 Å². The molecule has 3 N–H and O–H groups in total. The van der Waals surface area contributed by atoms with Crippen LogP contribution < -0.4 is 20.5 Å². The molecule has 0 fully saturated rings. The molecule has 0 atom stereocenters. The molecule has 1 aromatic rings. The minimum atomic E-state index is -0.373. The van der Waals surface area contributed by atoms with E-state index in [0.717, 1.165) is 12.8 Å². The molecule has 0 bridgehead atoms. The zero-order valence-corrected chi connectivity index (χ0v) is 13.9. The number of amides is 1. The number of benzene rings is 1. The molecule has 21 heavy (non-hydrogen) atoms. The van der Waals surface area contributed by atoms with Gasteiger partial charge in [0.25, 0.3) is 5.91 Å². The van der Waals surface area contributed by atoms with E-state index in [2.05, 4.69) is 5.32 Å². The summed E-state index contributed by atoms with van der Waals surface area (Å²) in [6, 6.07) is 5.12. The third kappa shape index (κ3) is 4.51. The number of carbonyl (C=O) groups is 1. The monoisotopic (exact) mass is 316 g/mol. The molecule has 0 aliphatic heterocycles. The Hall–Kier alpha value is -1.46. The van der Waals surface area contributed by atoms with E-state index in [0.29, 0.717) is 23.6 Å². The summed E-state index contributed by atoms with van der Waals surface area (Å²) in [6.07, 6.45) is 1.56. The van der Waals surface area contributed by atoms with Crippen LogP contribution in [0.5, 0.6) is 11.5 Å². The first-order chi connectivity index (χ1) is 9.55. The maximum absolute atomic E-state index is 12.4. The molecular weight excluding hydrogens is 292 g/mol. The van der Waals surface area contributed by atoms with Gasteiger partial charge in [0.05, 0.1) is 25.3 Å². The fourth-order valence-corrected chi connectivity index (χ4v) is 2.06. The largest absolute Gasteiger partial charge is 0.497 e. The third-order valence-corrected chi connectivity index (χ3v) is 3.78. The second-order valence-electron chi connectivity index (χ2n) is 4.71. The molecule has 120 valence electrons. The van der Waals surface area contributed by atoms with Gasteiger partial charge in [-0.15, -0.1) is 12.4 Å². The van der Waals surface area contributed by atoms with Gasteiger partial charge in [0, 0.05) is 12.6 Å². The van der Waals surface area contributed by atoms with E-state index in [9.17, 15) is 4.79 Å². The van der Waals surface area contributed by atoms with Gasteiger partial charge in [-0.1, -0.05) is 13.8 Å². The predicted molar refractivity (Wildman–Crippen MR) is 86.6 cm³/mol. The van der Waals surface area contributed by atoms with Crippen LogP contribution >= 0.6 is 12.4 Å². The summed E-state index contributed by atoms with van der Waals surface area (Å²) in [5.41, 5.74) is 5.91. The van der Waals surface area contributed by atoms with Gasteiger partial charge in [-0.3, -0.25) is 4.79 Å². The number of hydrogen-bond acceptors (Lipinski definition) is 4. The summed E-state index contributed by atoms with van der Waals surface area (Å²) in [4.78, 5) is 12.4. The fourth-order valence-electron chi connectivity index (χ4n) is 2.06. The van der Waals surface area contributed by atoms with E-state index < -0.39 is 0 Å². The highest BCUT2D eigenvalue weighted by atomic mass is 35.5. The zero-order chi connectivity index (χ0) is 15.2. The van der Waals surface area contributed by atoms with E-state index >= 15 is 0 Å². The Bertz CT molecular complexity index is 454. The molecule has 1 amide bonds. The van der Waals surface area contributed by atoms with Gasteiger partial charge >= 0.3 is 0 Å². The lowest BCUT2D eigenvalue weighted by molar-refractivity contribution is 0.0892. The molecule has 0 aromatic heterocycles. The SMILES string of the molecule is CCC(CC)(CN)NC(=O)c1ccc(OC)cc1OC.Cl. The third-order valence-electron chi connectivity index (χ3n) is 3.78. The highest BCUT2D eigenvalue weighted by molar-refractivity contribution is 5.97. The van der Waals surface area contributed by atoms with Crippen molar-refractivity contribution in [3.8, 4) is 11.5 Å². The topological polar surface area (TPSA) is 73.6 Å².